The van der Waals surface area contributed by atoms with Crippen LogP contribution in [0.25, 0.3) is 0 Å². The fourth-order valence-electron chi connectivity index (χ4n) is 2.66. The molecule has 20 heavy (non-hydrogen) atoms. The van der Waals surface area contributed by atoms with Gasteiger partial charge in [0.2, 0.25) is 5.91 Å². The number of carbonyl (C=O) groups is 1. The van der Waals surface area contributed by atoms with E-state index in [2.05, 4.69) is 37.4 Å². The Morgan fingerprint density at radius 2 is 1.90 bits per heavy atom. The van der Waals surface area contributed by atoms with Gasteiger partial charge in [0, 0.05) is 19.6 Å². The van der Waals surface area contributed by atoms with Gasteiger partial charge in [-0.3, -0.25) is 4.79 Å². The maximum atomic E-state index is 12.3. The van der Waals surface area contributed by atoms with E-state index in [1.807, 2.05) is 11.8 Å². The van der Waals surface area contributed by atoms with Crippen molar-refractivity contribution < 1.29 is 4.79 Å². The molecule has 1 aromatic carbocycles. The predicted molar refractivity (Wildman–Crippen MR) is 82.6 cm³/mol. The van der Waals surface area contributed by atoms with Crippen molar-refractivity contribution in [2.24, 2.45) is 0 Å². The Labute approximate surface area is 122 Å². The minimum absolute atomic E-state index is 0.102. The fourth-order valence-corrected chi connectivity index (χ4v) is 2.66. The maximum absolute atomic E-state index is 12.3. The molecule has 0 spiro atoms. The van der Waals surface area contributed by atoms with E-state index in [0.717, 1.165) is 32.5 Å². The van der Waals surface area contributed by atoms with Gasteiger partial charge in [0.15, 0.2) is 0 Å². The summed E-state index contributed by atoms with van der Waals surface area (Å²) in [5.41, 5.74) is 3.86. The topological polar surface area (TPSA) is 32.3 Å². The number of benzene rings is 1. The Morgan fingerprint density at radius 1 is 1.20 bits per heavy atom. The van der Waals surface area contributed by atoms with Gasteiger partial charge in [-0.2, -0.15) is 0 Å². The summed E-state index contributed by atoms with van der Waals surface area (Å²) in [4.78, 5) is 14.3. The number of carbonyl (C=O) groups excluding carboxylic acids is 1. The van der Waals surface area contributed by atoms with Gasteiger partial charge in [-0.15, -0.1) is 0 Å². The molecule has 0 aliphatic carbocycles. The molecule has 1 amide bonds. The molecule has 3 nitrogen and oxygen atoms in total. The van der Waals surface area contributed by atoms with Gasteiger partial charge in [-0.05, 0) is 56.7 Å². The zero-order valence-electron chi connectivity index (χ0n) is 12.9. The summed E-state index contributed by atoms with van der Waals surface area (Å²) in [7, 11) is 0. The lowest BCUT2D eigenvalue weighted by Crippen LogP contribution is -2.46. The first-order chi connectivity index (χ1) is 9.58. The Balaban J connectivity index is 1.85. The average molecular weight is 274 g/mol. The predicted octanol–water partition coefficient (Wildman–Crippen LogP) is 2.79. The van der Waals surface area contributed by atoms with E-state index in [0.29, 0.717) is 0 Å². The van der Waals surface area contributed by atoms with Crippen molar-refractivity contribution in [3.05, 3.63) is 34.9 Å². The van der Waals surface area contributed by atoms with Crippen molar-refractivity contribution in [1.29, 1.82) is 0 Å². The maximum Gasteiger partial charge on any atom is 0.239 e. The van der Waals surface area contributed by atoms with Crippen LogP contribution in [0.3, 0.4) is 0 Å². The molecular weight excluding hydrogens is 248 g/mol. The fraction of sp³-hybridized carbons (Fsp3) is 0.588. The van der Waals surface area contributed by atoms with E-state index in [1.165, 1.54) is 23.1 Å². The molecule has 0 bridgehead atoms. The number of piperidine rings is 1. The van der Waals surface area contributed by atoms with Crippen LogP contribution in [0.2, 0.25) is 0 Å². The van der Waals surface area contributed by atoms with Gasteiger partial charge < -0.3 is 10.2 Å². The Bertz CT molecular complexity index is 464. The Morgan fingerprint density at radius 3 is 2.55 bits per heavy atom. The highest BCUT2D eigenvalue weighted by atomic mass is 16.2. The van der Waals surface area contributed by atoms with E-state index < -0.39 is 0 Å². The molecule has 1 N–H and O–H groups in total. The second kappa shape index (κ2) is 6.89. The third kappa shape index (κ3) is 3.83. The number of amides is 1. The summed E-state index contributed by atoms with van der Waals surface area (Å²) in [5.74, 6) is 0.244. The van der Waals surface area contributed by atoms with Gasteiger partial charge in [0.25, 0.3) is 0 Å². The highest BCUT2D eigenvalue weighted by Gasteiger charge is 2.21. The number of aryl methyl sites for hydroxylation is 2. The molecular formula is C17H26N2O. The van der Waals surface area contributed by atoms with Gasteiger partial charge in [-0.25, -0.2) is 0 Å². The van der Waals surface area contributed by atoms with Crippen molar-refractivity contribution in [1.82, 2.24) is 10.2 Å². The SMILES string of the molecule is Cc1ccc(CNC(C)C(=O)N2CCCCC2)cc1C. The Hall–Kier alpha value is -1.35. The largest absolute Gasteiger partial charge is 0.341 e. The van der Waals surface area contributed by atoms with E-state index in [1.54, 1.807) is 0 Å². The van der Waals surface area contributed by atoms with Crippen LogP contribution in [-0.2, 0) is 11.3 Å². The summed E-state index contributed by atoms with van der Waals surface area (Å²) in [5, 5.41) is 3.35. The molecule has 1 aromatic rings. The van der Waals surface area contributed by atoms with E-state index in [-0.39, 0.29) is 11.9 Å². The van der Waals surface area contributed by atoms with Crippen molar-refractivity contribution in [2.45, 2.75) is 52.6 Å². The molecule has 2 rings (SSSR count). The molecule has 1 heterocycles. The molecule has 1 fully saturated rings. The average Bonchev–Trinajstić information content (AvgIpc) is 2.48. The lowest BCUT2D eigenvalue weighted by Gasteiger charge is -2.29. The number of likely N-dealkylation sites (tertiary alicyclic amines) is 1. The molecule has 0 radical (unpaired) electrons. The number of hydrogen-bond acceptors (Lipinski definition) is 2. The van der Waals surface area contributed by atoms with Gasteiger partial charge >= 0.3 is 0 Å². The summed E-state index contributed by atoms with van der Waals surface area (Å²) in [6.07, 6.45) is 3.56. The second-order valence-corrected chi connectivity index (χ2v) is 5.91. The molecule has 1 atom stereocenters. The first-order valence-electron chi connectivity index (χ1n) is 7.66. The summed E-state index contributed by atoms with van der Waals surface area (Å²) in [6.45, 7) is 8.82. The van der Waals surface area contributed by atoms with Crippen LogP contribution in [0.1, 0.15) is 42.9 Å². The van der Waals surface area contributed by atoms with Crippen molar-refractivity contribution in [3.63, 3.8) is 0 Å². The molecule has 110 valence electrons. The molecule has 1 unspecified atom stereocenters. The number of nitrogens with one attached hydrogen (secondary N) is 1. The lowest BCUT2D eigenvalue weighted by atomic mass is 10.1. The van der Waals surface area contributed by atoms with Gasteiger partial charge in [0.1, 0.15) is 0 Å². The van der Waals surface area contributed by atoms with Crippen LogP contribution >= 0.6 is 0 Å². The summed E-state index contributed by atoms with van der Waals surface area (Å²) >= 11 is 0. The highest BCUT2D eigenvalue weighted by molar-refractivity contribution is 5.81. The molecule has 0 saturated carbocycles. The third-order valence-corrected chi connectivity index (χ3v) is 4.22. The minimum Gasteiger partial charge on any atom is -0.341 e. The second-order valence-electron chi connectivity index (χ2n) is 5.91. The minimum atomic E-state index is -0.102. The standard InChI is InChI=1S/C17H26N2O/c1-13-7-8-16(11-14(13)2)12-18-15(3)17(20)19-9-5-4-6-10-19/h7-8,11,15,18H,4-6,9-10,12H2,1-3H3. The van der Waals surface area contributed by atoms with Crippen LogP contribution in [0, 0.1) is 13.8 Å². The quantitative estimate of drug-likeness (QED) is 0.915. The lowest BCUT2D eigenvalue weighted by molar-refractivity contribution is -0.133. The highest BCUT2D eigenvalue weighted by Crippen LogP contribution is 2.12. The van der Waals surface area contributed by atoms with E-state index >= 15 is 0 Å². The normalized spacial score (nSPS) is 17.1. The Kier molecular flexibility index (Phi) is 5.18. The van der Waals surface area contributed by atoms with Crippen LogP contribution in [0.5, 0.6) is 0 Å². The third-order valence-electron chi connectivity index (χ3n) is 4.22. The smallest absolute Gasteiger partial charge is 0.239 e. The summed E-state index contributed by atoms with van der Waals surface area (Å²) in [6, 6.07) is 6.37. The van der Waals surface area contributed by atoms with Gasteiger partial charge in [-0.1, -0.05) is 18.2 Å². The number of rotatable bonds is 4. The van der Waals surface area contributed by atoms with Crippen LogP contribution in [0.15, 0.2) is 18.2 Å². The first-order valence-corrected chi connectivity index (χ1v) is 7.66. The molecule has 3 heteroatoms. The van der Waals surface area contributed by atoms with Crippen LogP contribution in [0.4, 0.5) is 0 Å². The molecule has 1 saturated heterocycles. The molecule has 1 aliphatic rings. The molecule has 1 aliphatic heterocycles. The van der Waals surface area contributed by atoms with E-state index in [9.17, 15) is 4.79 Å². The molecule has 0 aromatic heterocycles. The van der Waals surface area contributed by atoms with Crippen molar-refractivity contribution in [3.8, 4) is 0 Å². The van der Waals surface area contributed by atoms with Crippen LogP contribution < -0.4 is 5.32 Å². The van der Waals surface area contributed by atoms with Gasteiger partial charge in [0.05, 0.1) is 6.04 Å². The van der Waals surface area contributed by atoms with Crippen molar-refractivity contribution in [2.75, 3.05) is 13.1 Å². The van der Waals surface area contributed by atoms with Crippen molar-refractivity contribution >= 4 is 5.91 Å². The number of nitrogens with zero attached hydrogens (tertiary/aromatic N) is 1. The van der Waals surface area contributed by atoms with Crippen LogP contribution in [-0.4, -0.2) is 29.9 Å². The first kappa shape index (κ1) is 15.0. The van der Waals surface area contributed by atoms with E-state index in [4.69, 9.17) is 0 Å². The zero-order valence-corrected chi connectivity index (χ0v) is 12.9. The number of hydrogen-bond donors (Lipinski definition) is 1. The monoisotopic (exact) mass is 274 g/mol. The summed E-state index contributed by atoms with van der Waals surface area (Å²) < 4.78 is 0. The zero-order chi connectivity index (χ0) is 14.5.